The average molecular weight is 243 g/mol. The van der Waals surface area contributed by atoms with E-state index in [0.717, 1.165) is 32.4 Å². The molecular formula is C12H25N3O2. The van der Waals surface area contributed by atoms with Crippen molar-refractivity contribution in [2.45, 2.75) is 38.3 Å². The Bertz CT molecular complexity index is 234. The van der Waals surface area contributed by atoms with Crippen molar-refractivity contribution < 1.29 is 9.90 Å². The Morgan fingerprint density at radius 1 is 1.47 bits per heavy atom. The predicted octanol–water partition coefficient (Wildman–Crippen LogP) is 0.493. The van der Waals surface area contributed by atoms with Gasteiger partial charge < -0.3 is 20.2 Å². The summed E-state index contributed by atoms with van der Waals surface area (Å²) in [7, 11) is 3.57. The van der Waals surface area contributed by atoms with Gasteiger partial charge >= 0.3 is 6.03 Å². The van der Waals surface area contributed by atoms with Gasteiger partial charge in [-0.25, -0.2) is 4.79 Å². The topological polar surface area (TPSA) is 55.8 Å². The highest BCUT2D eigenvalue weighted by Gasteiger charge is 2.24. The van der Waals surface area contributed by atoms with Crippen molar-refractivity contribution in [1.29, 1.82) is 0 Å². The molecule has 100 valence electrons. The zero-order chi connectivity index (χ0) is 12.8. The number of urea groups is 1. The number of hydrogen-bond donors (Lipinski definition) is 2. The molecule has 0 aliphatic carbocycles. The first kappa shape index (κ1) is 14.3. The summed E-state index contributed by atoms with van der Waals surface area (Å²) in [6, 6.07) is 0.715. The summed E-state index contributed by atoms with van der Waals surface area (Å²) in [4.78, 5) is 15.2. The standard InChI is InChI=1S/C12H25N3O2/c1-4-10(9-16)13-11-5-7-15(8-6-11)12(17)14(2)3/h10-11,13,16H,4-9H2,1-3H3/t10-/m1/s1. The third-order valence-electron chi connectivity index (χ3n) is 3.33. The van der Waals surface area contributed by atoms with Crippen LogP contribution in [0.3, 0.4) is 0 Å². The van der Waals surface area contributed by atoms with Gasteiger partial charge in [-0.05, 0) is 19.3 Å². The number of amides is 2. The lowest BCUT2D eigenvalue weighted by atomic mass is 10.0. The fourth-order valence-electron chi connectivity index (χ4n) is 2.15. The van der Waals surface area contributed by atoms with Gasteiger partial charge in [-0.3, -0.25) is 0 Å². The van der Waals surface area contributed by atoms with Gasteiger partial charge in [0.1, 0.15) is 0 Å². The van der Waals surface area contributed by atoms with Gasteiger partial charge in [0.05, 0.1) is 6.61 Å². The molecule has 0 spiro atoms. The summed E-state index contributed by atoms with van der Waals surface area (Å²) in [5.74, 6) is 0. The van der Waals surface area contributed by atoms with Crippen LogP contribution in [0.1, 0.15) is 26.2 Å². The fourth-order valence-corrected chi connectivity index (χ4v) is 2.15. The number of nitrogens with zero attached hydrogens (tertiary/aromatic N) is 2. The molecule has 1 saturated heterocycles. The molecule has 17 heavy (non-hydrogen) atoms. The van der Waals surface area contributed by atoms with Gasteiger partial charge in [0.15, 0.2) is 0 Å². The van der Waals surface area contributed by atoms with Gasteiger partial charge in [0.25, 0.3) is 0 Å². The first-order chi connectivity index (χ1) is 8.08. The molecule has 1 fully saturated rings. The third kappa shape index (κ3) is 4.16. The van der Waals surface area contributed by atoms with Crippen molar-refractivity contribution in [2.24, 2.45) is 0 Å². The molecule has 1 aliphatic heterocycles. The molecule has 1 rings (SSSR count). The minimum Gasteiger partial charge on any atom is -0.395 e. The summed E-state index contributed by atoms with van der Waals surface area (Å²) in [6.45, 7) is 3.86. The predicted molar refractivity (Wildman–Crippen MR) is 68.0 cm³/mol. The lowest BCUT2D eigenvalue weighted by Gasteiger charge is -2.35. The van der Waals surface area contributed by atoms with E-state index in [-0.39, 0.29) is 18.7 Å². The van der Waals surface area contributed by atoms with Crippen LogP contribution < -0.4 is 5.32 Å². The maximum absolute atomic E-state index is 11.7. The van der Waals surface area contributed by atoms with E-state index in [2.05, 4.69) is 12.2 Å². The van der Waals surface area contributed by atoms with E-state index in [1.54, 1.807) is 19.0 Å². The van der Waals surface area contributed by atoms with E-state index >= 15 is 0 Å². The first-order valence-corrected chi connectivity index (χ1v) is 6.41. The summed E-state index contributed by atoms with van der Waals surface area (Å²) < 4.78 is 0. The lowest BCUT2D eigenvalue weighted by Crippen LogP contribution is -2.50. The largest absolute Gasteiger partial charge is 0.395 e. The Kier molecular flexibility index (Phi) is 5.71. The second-order valence-corrected chi connectivity index (χ2v) is 4.89. The van der Waals surface area contributed by atoms with Gasteiger partial charge in [-0.2, -0.15) is 0 Å². The minimum atomic E-state index is 0.0950. The van der Waals surface area contributed by atoms with Crippen molar-refractivity contribution >= 4 is 6.03 Å². The molecule has 1 heterocycles. The van der Waals surface area contributed by atoms with Crippen molar-refractivity contribution in [3.05, 3.63) is 0 Å². The first-order valence-electron chi connectivity index (χ1n) is 6.41. The monoisotopic (exact) mass is 243 g/mol. The summed E-state index contributed by atoms with van der Waals surface area (Å²) in [5, 5.41) is 12.6. The van der Waals surface area contributed by atoms with Crippen LogP contribution >= 0.6 is 0 Å². The number of carbonyl (C=O) groups excluding carboxylic acids is 1. The van der Waals surface area contributed by atoms with Gasteiger partial charge in [-0.15, -0.1) is 0 Å². The van der Waals surface area contributed by atoms with Gasteiger partial charge in [-0.1, -0.05) is 6.92 Å². The second kappa shape index (κ2) is 6.81. The van der Waals surface area contributed by atoms with Crippen molar-refractivity contribution in [3.63, 3.8) is 0 Å². The molecule has 0 aromatic carbocycles. The Morgan fingerprint density at radius 2 is 2.06 bits per heavy atom. The van der Waals surface area contributed by atoms with E-state index in [1.807, 2.05) is 4.90 Å². The molecule has 0 aromatic rings. The lowest BCUT2D eigenvalue weighted by molar-refractivity contribution is 0.145. The number of aliphatic hydroxyl groups excluding tert-OH is 1. The van der Waals surface area contributed by atoms with E-state index in [1.165, 1.54) is 0 Å². The summed E-state index contributed by atoms with van der Waals surface area (Å²) in [5.41, 5.74) is 0. The zero-order valence-corrected chi connectivity index (χ0v) is 11.1. The Hall–Kier alpha value is -0.810. The molecule has 1 atom stereocenters. The number of aliphatic hydroxyl groups is 1. The van der Waals surface area contributed by atoms with E-state index in [9.17, 15) is 4.79 Å². The number of hydrogen-bond acceptors (Lipinski definition) is 3. The molecule has 0 bridgehead atoms. The van der Waals surface area contributed by atoms with Gasteiger partial charge in [0, 0.05) is 39.3 Å². The SMILES string of the molecule is CC[C@H](CO)NC1CCN(C(=O)N(C)C)CC1. The molecule has 1 aliphatic rings. The smallest absolute Gasteiger partial charge is 0.319 e. The van der Waals surface area contributed by atoms with Crippen molar-refractivity contribution in [2.75, 3.05) is 33.8 Å². The van der Waals surface area contributed by atoms with Crippen LogP contribution in [-0.2, 0) is 0 Å². The van der Waals surface area contributed by atoms with Crippen LogP contribution in [0.2, 0.25) is 0 Å². The molecule has 0 radical (unpaired) electrons. The maximum Gasteiger partial charge on any atom is 0.319 e. The molecule has 2 N–H and O–H groups in total. The molecule has 0 unspecified atom stereocenters. The molecule has 2 amide bonds. The zero-order valence-electron chi connectivity index (χ0n) is 11.1. The molecule has 0 saturated carbocycles. The van der Waals surface area contributed by atoms with Crippen LogP contribution in [0.4, 0.5) is 4.79 Å². The highest BCUT2D eigenvalue weighted by Crippen LogP contribution is 2.12. The number of carbonyl (C=O) groups is 1. The highest BCUT2D eigenvalue weighted by atomic mass is 16.3. The van der Waals surface area contributed by atoms with E-state index in [0.29, 0.717) is 6.04 Å². The third-order valence-corrected chi connectivity index (χ3v) is 3.33. The van der Waals surface area contributed by atoms with Crippen molar-refractivity contribution in [3.8, 4) is 0 Å². The van der Waals surface area contributed by atoms with E-state index < -0.39 is 0 Å². The molecule has 5 nitrogen and oxygen atoms in total. The molecule has 5 heteroatoms. The number of piperidine rings is 1. The average Bonchev–Trinajstić information content (AvgIpc) is 2.35. The Balaban J connectivity index is 2.33. The normalized spacial score (nSPS) is 19.2. The van der Waals surface area contributed by atoms with Crippen LogP contribution in [0.25, 0.3) is 0 Å². The van der Waals surface area contributed by atoms with Gasteiger partial charge in [0.2, 0.25) is 0 Å². The number of likely N-dealkylation sites (tertiary alicyclic amines) is 1. The van der Waals surface area contributed by atoms with Crippen LogP contribution in [0.15, 0.2) is 0 Å². The quantitative estimate of drug-likeness (QED) is 0.755. The minimum absolute atomic E-state index is 0.0950. The number of nitrogens with one attached hydrogen (secondary N) is 1. The molecule has 0 aromatic heterocycles. The van der Waals surface area contributed by atoms with Crippen LogP contribution in [0, 0.1) is 0 Å². The number of rotatable bonds is 4. The highest BCUT2D eigenvalue weighted by molar-refractivity contribution is 5.73. The van der Waals surface area contributed by atoms with Crippen LogP contribution in [0.5, 0.6) is 0 Å². The summed E-state index contributed by atoms with van der Waals surface area (Å²) >= 11 is 0. The molecular weight excluding hydrogens is 218 g/mol. The van der Waals surface area contributed by atoms with Crippen LogP contribution in [-0.4, -0.2) is 66.8 Å². The summed E-state index contributed by atoms with van der Waals surface area (Å²) in [6.07, 6.45) is 2.87. The fraction of sp³-hybridized carbons (Fsp3) is 0.917. The Labute approximate surface area is 104 Å². The van der Waals surface area contributed by atoms with Crippen molar-refractivity contribution in [1.82, 2.24) is 15.1 Å². The Morgan fingerprint density at radius 3 is 2.47 bits per heavy atom. The second-order valence-electron chi connectivity index (χ2n) is 4.89. The van der Waals surface area contributed by atoms with E-state index in [4.69, 9.17) is 5.11 Å². The maximum atomic E-state index is 11.7.